The molecule has 0 amide bonds. The molecule has 0 atom stereocenters. The van der Waals surface area contributed by atoms with Crippen LogP contribution in [0.3, 0.4) is 0 Å². The molecule has 0 saturated carbocycles. The first-order valence-corrected chi connectivity index (χ1v) is 10.1. The fourth-order valence-electron chi connectivity index (χ4n) is 3.66. The fraction of sp³-hybridized carbons (Fsp3) is 0.478. The van der Waals surface area contributed by atoms with E-state index in [1.165, 1.54) is 32.6 Å². The maximum Gasteiger partial charge on any atom is 0.336 e. The van der Waals surface area contributed by atoms with Crippen LogP contribution in [0.1, 0.15) is 47.8 Å². The number of fused-ring (bicyclic) bond motifs is 1. The van der Waals surface area contributed by atoms with Crippen molar-refractivity contribution in [1.29, 1.82) is 0 Å². The van der Waals surface area contributed by atoms with E-state index in [0.717, 1.165) is 31.5 Å². The first-order valence-electron chi connectivity index (χ1n) is 10.1. The predicted octanol–water partition coefficient (Wildman–Crippen LogP) is 3.40. The lowest BCUT2D eigenvalue weighted by molar-refractivity contribution is 0.0699. The number of hydrogen-bond acceptors (Lipinski definition) is 4. The van der Waals surface area contributed by atoms with E-state index in [2.05, 4.69) is 33.5 Å². The molecule has 1 aliphatic rings. The molecule has 5 heteroatoms. The maximum absolute atomic E-state index is 11.5. The van der Waals surface area contributed by atoms with Crippen LogP contribution in [0.2, 0.25) is 0 Å². The minimum atomic E-state index is -0.930. The minimum Gasteiger partial charge on any atom is -0.478 e. The number of aryl methyl sites for hydroxylation is 1. The molecular formula is C23H29N3O2. The molecule has 1 N–H and O–H groups in total. The number of carbonyl (C=O) groups is 1. The van der Waals surface area contributed by atoms with Crippen molar-refractivity contribution in [2.24, 2.45) is 0 Å². The Morgan fingerprint density at radius 1 is 1.14 bits per heavy atom. The molecule has 1 saturated heterocycles. The van der Waals surface area contributed by atoms with Gasteiger partial charge in [-0.3, -0.25) is 4.98 Å². The van der Waals surface area contributed by atoms with Crippen LogP contribution in [0.5, 0.6) is 0 Å². The zero-order chi connectivity index (χ0) is 19.9. The number of pyridine rings is 1. The van der Waals surface area contributed by atoms with Crippen molar-refractivity contribution in [3.63, 3.8) is 0 Å². The lowest BCUT2D eigenvalue weighted by Crippen LogP contribution is -2.46. The number of benzene rings is 1. The molecule has 3 rings (SSSR count). The number of aromatic carboxylic acids is 1. The van der Waals surface area contributed by atoms with E-state index in [0.29, 0.717) is 16.6 Å². The number of rotatable bonds is 6. The summed E-state index contributed by atoms with van der Waals surface area (Å²) in [7, 11) is 0. The summed E-state index contributed by atoms with van der Waals surface area (Å²) in [5.41, 5.74) is 2.54. The third kappa shape index (κ3) is 5.31. The molecule has 0 radical (unpaired) electrons. The molecule has 0 unspecified atom stereocenters. The van der Waals surface area contributed by atoms with Gasteiger partial charge in [0, 0.05) is 49.2 Å². The molecule has 1 fully saturated rings. The summed E-state index contributed by atoms with van der Waals surface area (Å²) in [5.74, 6) is 5.48. The topological polar surface area (TPSA) is 56.7 Å². The standard InChI is InChI=1S/C23H29N3O2/c1-3-25-12-14-26(15-13-25)11-7-5-4-6-8-19-9-10-22-20(17-19)21(23(27)28)16-18(2)24-22/h9-10,16-17H,3-5,7,11-15H2,1-2H3,(H,27,28). The summed E-state index contributed by atoms with van der Waals surface area (Å²) in [6, 6.07) is 7.23. The third-order valence-corrected chi connectivity index (χ3v) is 5.34. The SMILES string of the molecule is CCN1CCN(CCCCC#Cc2ccc3nc(C)cc(C(=O)O)c3c2)CC1. The Kier molecular flexibility index (Phi) is 7.02. The number of nitrogens with zero attached hydrogens (tertiary/aromatic N) is 3. The van der Waals surface area contributed by atoms with E-state index in [1.807, 2.05) is 25.1 Å². The molecule has 0 bridgehead atoms. The van der Waals surface area contributed by atoms with Crippen molar-refractivity contribution in [3.05, 3.63) is 41.1 Å². The van der Waals surface area contributed by atoms with Gasteiger partial charge in [-0.05, 0) is 57.1 Å². The smallest absolute Gasteiger partial charge is 0.336 e. The molecule has 28 heavy (non-hydrogen) atoms. The van der Waals surface area contributed by atoms with E-state index in [-0.39, 0.29) is 5.56 Å². The molecule has 2 aromatic rings. The zero-order valence-electron chi connectivity index (χ0n) is 16.9. The highest BCUT2D eigenvalue weighted by Crippen LogP contribution is 2.20. The molecule has 0 spiro atoms. The summed E-state index contributed by atoms with van der Waals surface area (Å²) in [5, 5.41) is 10.1. The van der Waals surface area contributed by atoms with E-state index < -0.39 is 5.97 Å². The Balaban J connectivity index is 1.52. The van der Waals surface area contributed by atoms with Gasteiger partial charge in [-0.1, -0.05) is 18.8 Å². The Bertz CT molecular complexity index is 890. The Hall–Kier alpha value is -2.42. The van der Waals surface area contributed by atoms with Gasteiger partial charge in [0.25, 0.3) is 0 Å². The van der Waals surface area contributed by atoms with Gasteiger partial charge in [0.1, 0.15) is 0 Å². The van der Waals surface area contributed by atoms with Gasteiger partial charge >= 0.3 is 5.97 Å². The van der Waals surface area contributed by atoms with Crippen molar-refractivity contribution in [1.82, 2.24) is 14.8 Å². The van der Waals surface area contributed by atoms with Crippen LogP contribution >= 0.6 is 0 Å². The lowest BCUT2D eigenvalue weighted by atomic mass is 10.0. The Labute approximate surface area is 167 Å². The van der Waals surface area contributed by atoms with Crippen LogP contribution in [0.25, 0.3) is 10.9 Å². The van der Waals surface area contributed by atoms with Crippen molar-refractivity contribution in [2.45, 2.75) is 33.1 Å². The molecular weight excluding hydrogens is 350 g/mol. The highest BCUT2D eigenvalue weighted by molar-refractivity contribution is 6.02. The molecule has 1 aromatic carbocycles. The van der Waals surface area contributed by atoms with Gasteiger partial charge in [0.15, 0.2) is 0 Å². The first-order chi connectivity index (χ1) is 13.6. The molecule has 1 aromatic heterocycles. The average Bonchev–Trinajstić information content (AvgIpc) is 2.70. The Morgan fingerprint density at radius 3 is 2.61 bits per heavy atom. The number of hydrogen-bond donors (Lipinski definition) is 1. The summed E-state index contributed by atoms with van der Waals surface area (Å²) in [6.45, 7) is 11.1. The fourth-order valence-corrected chi connectivity index (χ4v) is 3.66. The van der Waals surface area contributed by atoms with Crippen LogP contribution in [-0.2, 0) is 0 Å². The van der Waals surface area contributed by atoms with E-state index in [1.54, 1.807) is 6.07 Å². The summed E-state index contributed by atoms with van der Waals surface area (Å²) >= 11 is 0. The van der Waals surface area contributed by atoms with Gasteiger partial charge in [-0.2, -0.15) is 0 Å². The number of piperazine rings is 1. The second kappa shape index (κ2) is 9.68. The number of unbranched alkanes of at least 4 members (excludes halogenated alkanes) is 2. The first kappa shape index (κ1) is 20.3. The van der Waals surface area contributed by atoms with Gasteiger partial charge in [0.2, 0.25) is 0 Å². The number of likely N-dealkylation sites (N-methyl/N-ethyl adjacent to an activating group) is 1. The van der Waals surface area contributed by atoms with Crippen molar-refractivity contribution >= 4 is 16.9 Å². The van der Waals surface area contributed by atoms with Crippen LogP contribution in [0, 0.1) is 18.8 Å². The minimum absolute atomic E-state index is 0.286. The predicted molar refractivity (Wildman–Crippen MR) is 113 cm³/mol. The molecule has 1 aliphatic heterocycles. The maximum atomic E-state index is 11.5. The lowest BCUT2D eigenvalue weighted by Gasteiger charge is -2.33. The number of carboxylic acid groups (broad SMARTS) is 1. The van der Waals surface area contributed by atoms with Crippen LogP contribution in [-0.4, -0.2) is 65.1 Å². The third-order valence-electron chi connectivity index (χ3n) is 5.34. The largest absolute Gasteiger partial charge is 0.478 e. The monoisotopic (exact) mass is 379 g/mol. The highest BCUT2D eigenvalue weighted by atomic mass is 16.4. The summed E-state index contributed by atoms with van der Waals surface area (Å²) in [4.78, 5) is 21.0. The molecule has 0 aliphatic carbocycles. The highest BCUT2D eigenvalue weighted by Gasteiger charge is 2.14. The normalized spacial score (nSPS) is 15.4. The van der Waals surface area contributed by atoms with Gasteiger partial charge in [0.05, 0.1) is 11.1 Å². The summed E-state index contributed by atoms with van der Waals surface area (Å²) < 4.78 is 0. The van der Waals surface area contributed by atoms with E-state index in [4.69, 9.17) is 0 Å². The zero-order valence-corrected chi connectivity index (χ0v) is 16.9. The number of aromatic nitrogens is 1. The number of carboxylic acids is 1. The molecule has 5 nitrogen and oxygen atoms in total. The van der Waals surface area contributed by atoms with Crippen molar-refractivity contribution in [3.8, 4) is 11.8 Å². The second-order valence-corrected chi connectivity index (χ2v) is 7.38. The quantitative estimate of drug-likeness (QED) is 0.616. The van der Waals surface area contributed by atoms with Gasteiger partial charge in [-0.25, -0.2) is 4.79 Å². The van der Waals surface area contributed by atoms with E-state index >= 15 is 0 Å². The second-order valence-electron chi connectivity index (χ2n) is 7.38. The average molecular weight is 380 g/mol. The van der Waals surface area contributed by atoms with Crippen molar-refractivity contribution in [2.75, 3.05) is 39.3 Å². The van der Waals surface area contributed by atoms with E-state index in [9.17, 15) is 9.90 Å². The summed E-state index contributed by atoms with van der Waals surface area (Å²) in [6.07, 6.45) is 3.13. The van der Waals surface area contributed by atoms with Crippen LogP contribution in [0.15, 0.2) is 24.3 Å². The molecule has 2 heterocycles. The molecule has 148 valence electrons. The Morgan fingerprint density at radius 2 is 1.89 bits per heavy atom. The van der Waals surface area contributed by atoms with Gasteiger partial charge < -0.3 is 14.9 Å². The van der Waals surface area contributed by atoms with Crippen LogP contribution in [0.4, 0.5) is 0 Å². The van der Waals surface area contributed by atoms with Crippen molar-refractivity contribution < 1.29 is 9.90 Å². The van der Waals surface area contributed by atoms with Gasteiger partial charge in [-0.15, -0.1) is 0 Å². The van der Waals surface area contributed by atoms with Crippen LogP contribution < -0.4 is 0 Å².